The van der Waals surface area contributed by atoms with Crippen LogP contribution < -0.4 is 5.32 Å². The van der Waals surface area contributed by atoms with E-state index in [0.717, 1.165) is 22.5 Å². The Kier molecular flexibility index (Phi) is 4.52. The van der Waals surface area contributed by atoms with Gasteiger partial charge in [-0.1, -0.05) is 29.8 Å². The van der Waals surface area contributed by atoms with Crippen molar-refractivity contribution in [2.75, 3.05) is 0 Å². The van der Waals surface area contributed by atoms with Gasteiger partial charge in [0.05, 0.1) is 0 Å². The summed E-state index contributed by atoms with van der Waals surface area (Å²) in [6.45, 7) is -0.0908. The number of carbonyl (C=O) groups is 1. The summed E-state index contributed by atoms with van der Waals surface area (Å²) in [5.74, 6) is -0.452. The highest BCUT2D eigenvalue weighted by atomic mass is 35.5. The maximum absolute atomic E-state index is 12.4. The Morgan fingerprint density at radius 3 is 2.62 bits per heavy atom. The highest BCUT2D eigenvalue weighted by Crippen LogP contribution is 2.27. The van der Waals surface area contributed by atoms with Crippen LogP contribution in [0.4, 0.5) is 13.2 Å². The summed E-state index contributed by atoms with van der Waals surface area (Å²) < 4.78 is 38.0. The third-order valence-corrected chi connectivity index (χ3v) is 3.04. The zero-order valence-electron chi connectivity index (χ0n) is 10.7. The van der Waals surface area contributed by atoms with Crippen molar-refractivity contribution in [2.45, 2.75) is 19.3 Å². The summed E-state index contributed by atoms with van der Waals surface area (Å²) in [6.07, 6.45) is -3.41. The van der Waals surface area contributed by atoms with Gasteiger partial charge in [0.25, 0.3) is 0 Å². The summed E-state index contributed by atoms with van der Waals surface area (Å²) >= 11 is 5.93. The molecule has 0 aliphatic rings. The molecule has 1 aromatic carbocycles. The van der Waals surface area contributed by atoms with Crippen LogP contribution in [0.5, 0.6) is 0 Å². The van der Waals surface area contributed by atoms with Crippen LogP contribution in [0.1, 0.15) is 11.3 Å². The van der Waals surface area contributed by atoms with Crippen LogP contribution in [-0.4, -0.2) is 15.7 Å². The molecule has 2 rings (SSSR count). The number of hydrogen-bond acceptors (Lipinski definition) is 2. The van der Waals surface area contributed by atoms with Crippen LogP contribution in [0.25, 0.3) is 0 Å². The molecule has 2 aromatic rings. The SMILES string of the molecule is O=C(Cn1ccc(C(F)(F)F)n1)NCc1ccccc1Cl. The van der Waals surface area contributed by atoms with Gasteiger partial charge in [-0.05, 0) is 17.7 Å². The number of halogens is 4. The van der Waals surface area contributed by atoms with Crippen molar-refractivity contribution in [3.05, 3.63) is 52.8 Å². The normalized spacial score (nSPS) is 11.4. The maximum atomic E-state index is 12.4. The number of nitrogens with one attached hydrogen (secondary N) is 1. The molecule has 0 radical (unpaired) electrons. The molecule has 0 fully saturated rings. The Labute approximate surface area is 123 Å². The first-order chi connectivity index (χ1) is 9.86. The van der Waals surface area contributed by atoms with Crippen molar-refractivity contribution in [1.82, 2.24) is 15.1 Å². The largest absolute Gasteiger partial charge is 0.435 e. The van der Waals surface area contributed by atoms with E-state index in [9.17, 15) is 18.0 Å². The molecule has 21 heavy (non-hydrogen) atoms. The van der Waals surface area contributed by atoms with Gasteiger partial charge in [-0.3, -0.25) is 9.48 Å². The van der Waals surface area contributed by atoms with Crippen LogP contribution in [0, 0.1) is 0 Å². The predicted molar refractivity (Wildman–Crippen MR) is 70.5 cm³/mol. The van der Waals surface area contributed by atoms with Gasteiger partial charge < -0.3 is 5.32 Å². The van der Waals surface area contributed by atoms with Crippen molar-refractivity contribution in [1.29, 1.82) is 0 Å². The van der Waals surface area contributed by atoms with E-state index >= 15 is 0 Å². The fourth-order valence-corrected chi connectivity index (χ4v) is 1.84. The summed E-state index contributed by atoms with van der Waals surface area (Å²) in [6, 6.07) is 7.79. The van der Waals surface area contributed by atoms with Gasteiger partial charge in [0.2, 0.25) is 5.91 Å². The Morgan fingerprint density at radius 1 is 1.29 bits per heavy atom. The van der Waals surface area contributed by atoms with Crippen molar-refractivity contribution < 1.29 is 18.0 Å². The minimum absolute atomic E-state index is 0.200. The number of benzene rings is 1. The van der Waals surface area contributed by atoms with E-state index in [1.165, 1.54) is 0 Å². The molecule has 1 heterocycles. The van der Waals surface area contributed by atoms with Crippen LogP contribution in [-0.2, 0) is 24.1 Å². The van der Waals surface area contributed by atoms with Crippen LogP contribution in [0.15, 0.2) is 36.5 Å². The molecule has 0 aliphatic heterocycles. The van der Waals surface area contributed by atoms with E-state index in [4.69, 9.17) is 11.6 Å². The van der Waals surface area contributed by atoms with E-state index in [0.29, 0.717) is 5.02 Å². The molecule has 0 saturated carbocycles. The summed E-state index contributed by atoms with van der Waals surface area (Å²) in [4.78, 5) is 11.7. The molecule has 0 spiro atoms. The minimum atomic E-state index is -4.51. The van der Waals surface area contributed by atoms with E-state index in [-0.39, 0.29) is 13.1 Å². The molecule has 1 aromatic heterocycles. The fourth-order valence-electron chi connectivity index (χ4n) is 1.64. The van der Waals surface area contributed by atoms with Gasteiger partial charge in [0, 0.05) is 17.8 Å². The smallest absolute Gasteiger partial charge is 0.350 e. The zero-order valence-corrected chi connectivity index (χ0v) is 11.4. The Hall–Kier alpha value is -2.02. The third-order valence-electron chi connectivity index (χ3n) is 2.67. The van der Waals surface area contributed by atoms with Gasteiger partial charge in [0.15, 0.2) is 5.69 Å². The Morgan fingerprint density at radius 2 is 2.00 bits per heavy atom. The van der Waals surface area contributed by atoms with Crippen molar-refractivity contribution in [2.24, 2.45) is 0 Å². The number of amides is 1. The lowest BCUT2D eigenvalue weighted by molar-refractivity contribution is -0.141. The monoisotopic (exact) mass is 317 g/mol. The number of alkyl halides is 3. The standard InChI is InChI=1S/C13H11ClF3N3O/c14-10-4-2-1-3-9(10)7-18-12(21)8-20-6-5-11(19-20)13(15,16)17/h1-6H,7-8H2,(H,18,21). The predicted octanol–water partition coefficient (Wildman–Crippen LogP) is 2.87. The molecule has 112 valence electrons. The number of hydrogen-bond donors (Lipinski definition) is 1. The quantitative estimate of drug-likeness (QED) is 0.942. The van der Waals surface area contributed by atoms with Gasteiger partial charge in [0.1, 0.15) is 6.54 Å². The average molecular weight is 318 g/mol. The molecular weight excluding hydrogens is 307 g/mol. The van der Waals surface area contributed by atoms with Gasteiger partial charge in [-0.15, -0.1) is 0 Å². The Bertz CT molecular complexity index is 640. The van der Waals surface area contributed by atoms with Gasteiger partial charge >= 0.3 is 6.18 Å². The van der Waals surface area contributed by atoms with Crippen LogP contribution in [0.2, 0.25) is 5.02 Å². The number of aromatic nitrogens is 2. The van der Waals surface area contributed by atoms with E-state index < -0.39 is 17.8 Å². The van der Waals surface area contributed by atoms with Gasteiger partial charge in [-0.25, -0.2) is 0 Å². The van der Waals surface area contributed by atoms with E-state index in [1.807, 2.05) is 0 Å². The topological polar surface area (TPSA) is 46.9 Å². The molecule has 8 heteroatoms. The number of nitrogens with zero attached hydrogens (tertiary/aromatic N) is 2. The first kappa shape index (κ1) is 15.4. The molecule has 0 saturated heterocycles. The molecule has 1 N–H and O–H groups in total. The molecule has 0 aliphatic carbocycles. The molecule has 1 amide bonds. The fraction of sp³-hybridized carbons (Fsp3) is 0.231. The van der Waals surface area contributed by atoms with E-state index in [1.54, 1.807) is 24.3 Å². The Balaban J connectivity index is 1.90. The van der Waals surface area contributed by atoms with Crippen LogP contribution >= 0.6 is 11.6 Å². The molecule has 0 bridgehead atoms. The lowest BCUT2D eigenvalue weighted by Gasteiger charge is -2.07. The second-order valence-electron chi connectivity index (χ2n) is 4.26. The molecular formula is C13H11ClF3N3O. The summed E-state index contributed by atoms with van der Waals surface area (Å²) in [7, 11) is 0. The first-order valence-corrected chi connectivity index (χ1v) is 6.35. The number of rotatable bonds is 4. The van der Waals surface area contributed by atoms with Crippen molar-refractivity contribution in [3.8, 4) is 0 Å². The zero-order chi connectivity index (χ0) is 15.5. The third kappa shape index (κ3) is 4.22. The van der Waals surface area contributed by atoms with E-state index in [2.05, 4.69) is 10.4 Å². The highest BCUT2D eigenvalue weighted by Gasteiger charge is 2.33. The second kappa shape index (κ2) is 6.17. The number of carbonyl (C=O) groups excluding carboxylic acids is 1. The first-order valence-electron chi connectivity index (χ1n) is 5.97. The van der Waals surface area contributed by atoms with Crippen molar-refractivity contribution in [3.63, 3.8) is 0 Å². The summed E-state index contributed by atoms with van der Waals surface area (Å²) in [5.41, 5.74) is -0.301. The second-order valence-corrected chi connectivity index (χ2v) is 4.67. The highest BCUT2D eigenvalue weighted by molar-refractivity contribution is 6.31. The minimum Gasteiger partial charge on any atom is -0.350 e. The molecule has 0 atom stereocenters. The average Bonchev–Trinajstić information content (AvgIpc) is 2.86. The lowest BCUT2D eigenvalue weighted by Crippen LogP contribution is -2.27. The van der Waals surface area contributed by atoms with Crippen molar-refractivity contribution >= 4 is 17.5 Å². The lowest BCUT2D eigenvalue weighted by atomic mass is 10.2. The molecule has 0 unspecified atom stereocenters. The van der Waals surface area contributed by atoms with Crippen LogP contribution in [0.3, 0.4) is 0 Å². The molecule has 4 nitrogen and oxygen atoms in total. The summed E-state index contributed by atoms with van der Waals surface area (Å²) in [5, 5.41) is 6.38. The van der Waals surface area contributed by atoms with Gasteiger partial charge in [-0.2, -0.15) is 18.3 Å². The maximum Gasteiger partial charge on any atom is 0.435 e.